The third-order valence-corrected chi connectivity index (χ3v) is 4.44. The van der Waals surface area contributed by atoms with Crippen molar-refractivity contribution in [2.24, 2.45) is 0 Å². The number of methoxy groups -OCH3 is 1. The number of nitrogens with zero attached hydrogens (tertiary/aromatic N) is 2. The van der Waals surface area contributed by atoms with Crippen LogP contribution in [0.1, 0.15) is 16.8 Å². The molecule has 3 rings (SSSR count). The summed E-state index contributed by atoms with van der Waals surface area (Å²) >= 11 is 12.3. The van der Waals surface area contributed by atoms with Gasteiger partial charge in [0.1, 0.15) is 0 Å². The second kappa shape index (κ2) is 7.30. The minimum Gasteiger partial charge on any atom is -0.466 e. The van der Waals surface area contributed by atoms with Crippen LogP contribution in [0.2, 0.25) is 10.0 Å². The van der Waals surface area contributed by atoms with E-state index in [1.54, 1.807) is 18.2 Å². The van der Waals surface area contributed by atoms with Crippen LogP contribution in [0.15, 0.2) is 42.5 Å². The van der Waals surface area contributed by atoms with E-state index in [0.717, 1.165) is 22.0 Å². The minimum atomic E-state index is -0.421. The first-order valence-corrected chi connectivity index (χ1v) is 8.40. The molecule has 4 nitrogen and oxygen atoms in total. The van der Waals surface area contributed by atoms with Gasteiger partial charge in [0.05, 0.1) is 24.9 Å². The largest absolute Gasteiger partial charge is 0.466 e. The SMILES string of the molecule is COC(=O)/C=C/c1nn(Cc2ccc(Cl)cc2Cl)c2cc(C)ccc12. The number of carbonyl (C=O) groups excluding carboxylic acids is 1. The molecule has 0 saturated heterocycles. The molecular weight excluding hydrogens is 359 g/mol. The number of fused-ring (bicyclic) bond motifs is 1. The van der Waals surface area contributed by atoms with Crippen molar-refractivity contribution in [3.8, 4) is 0 Å². The Morgan fingerprint density at radius 2 is 2.04 bits per heavy atom. The van der Waals surface area contributed by atoms with Crippen molar-refractivity contribution in [3.63, 3.8) is 0 Å². The summed E-state index contributed by atoms with van der Waals surface area (Å²) in [6.45, 7) is 2.53. The van der Waals surface area contributed by atoms with Gasteiger partial charge in [-0.2, -0.15) is 5.10 Å². The van der Waals surface area contributed by atoms with Crippen molar-refractivity contribution in [1.29, 1.82) is 0 Å². The van der Waals surface area contributed by atoms with Crippen LogP contribution in [-0.4, -0.2) is 22.9 Å². The number of hydrogen-bond acceptors (Lipinski definition) is 3. The standard InChI is InChI=1S/C19H16Cl2N2O2/c1-12-3-6-15-17(7-8-19(24)25-2)22-23(18(15)9-12)11-13-4-5-14(20)10-16(13)21/h3-10H,11H2,1-2H3/b8-7+. The van der Waals surface area contributed by atoms with Crippen LogP contribution in [0.5, 0.6) is 0 Å². The Morgan fingerprint density at radius 1 is 1.24 bits per heavy atom. The summed E-state index contributed by atoms with van der Waals surface area (Å²) in [5, 5.41) is 6.77. The van der Waals surface area contributed by atoms with Crippen LogP contribution in [0.3, 0.4) is 0 Å². The number of ether oxygens (including phenoxy) is 1. The van der Waals surface area contributed by atoms with Crippen molar-refractivity contribution < 1.29 is 9.53 Å². The van der Waals surface area contributed by atoms with Gasteiger partial charge in [0.25, 0.3) is 0 Å². The molecule has 0 aliphatic heterocycles. The van der Waals surface area contributed by atoms with Gasteiger partial charge in [0.2, 0.25) is 0 Å². The van der Waals surface area contributed by atoms with Crippen molar-refractivity contribution in [2.45, 2.75) is 13.5 Å². The van der Waals surface area contributed by atoms with Crippen molar-refractivity contribution in [3.05, 3.63) is 69.3 Å². The molecule has 3 aromatic rings. The Morgan fingerprint density at radius 3 is 2.76 bits per heavy atom. The van der Waals surface area contributed by atoms with Gasteiger partial charge in [0, 0.05) is 21.5 Å². The molecule has 0 unspecified atom stereocenters. The van der Waals surface area contributed by atoms with E-state index in [1.807, 2.05) is 29.8 Å². The summed E-state index contributed by atoms with van der Waals surface area (Å²) in [6, 6.07) is 11.5. The summed E-state index contributed by atoms with van der Waals surface area (Å²) in [4.78, 5) is 11.4. The smallest absolute Gasteiger partial charge is 0.330 e. The molecule has 1 aromatic heterocycles. The third kappa shape index (κ3) is 3.86. The van der Waals surface area contributed by atoms with Crippen LogP contribution < -0.4 is 0 Å². The van der Waals surface area contributed by atoms with E-state index in [9.17, 15) is 4.79 Å². The Hall–Kier alpha value is -2.30. The summed E-state index contributed by atoms with van der Waals surface area (Å²) in [5.41, 5.74) is 3.71. The molecule has 0 spiro atoms. The lowest BCUT2D eigenvalue weighted by Gasteiger charge is -2.07. The Kier molecular flexibility index (Phi) is 5.11. The van der Waals surface area contributed by atoms with Gasteiger partial charge in [0.15, 0.2) is 0 Å². The lowest BCUT2D eigenvalue weighted by molar-refractivity contribution is -0.134. The molecule has 0 fully saturated rings. The first-order valence-electron chi connectivity index (χ1n) is 7.65. The first kappa shape index (κ1) is 17.5. The molecule has 6 heteroatoms. The fraction of sp³-hybridized carbons (Fsp3) is 0.158. The number of aromatic nitrogens is 2. The van der Waals surface area contributed by atoms with E-state index in [4.69, 9.17) is 23.2 Å². The van der Waals surface area contributed by atoms with Crippen LogP contribution in [0, 0.1) is 6.92 Å². The molecule has 0 radical (unpaired) electrons. The molecule has 0 N–H and O–H groups in total. The maximum Gasteiger partial charge on any atom is 0.330 e. The molecule has 0 amide bonds. The molecule has 0 bridgehead atoms. The highest BCUT2D eigenvalue weighted by atomic mass is 35.5. The quantitative estimate of drug-likeness (QED) is 0.482. The van der Waals surface area contributed by atoms with Crippen LogP contribution >= 0.6 is 23.2 Å². The van der Waals surface area contributed by atoms with Gasteiger partial charge in [-0.1, -0.05) is 41.4 Å². The summed E-state index contributed by atoms with van der Waals surface area (Å²) in [5.74, 6) is -0.421. The lowest BCUT2D eigenvalue weighted by atomic mass is 10.1. The number of carbonyl (C=O) groups is 1. The minimum absolute atomic E-state index is 0.421. The van der Waals surface area contributed by atoms with Crippen LogP contribution in [0.25, 0.3) is 17.0 Å². The van der Waals surface area contributed by atoms with E-state index in [2.05, 4.69) is 15.9 Å². The zero-order valence-electron chi connectivity index (χ0n) is 13.8. The molecule has 0 aliphatic carbocycles. The highest BCUT2D eigenvalue weighted by Gasteiger charge is 2.11. The number of esters is 1. The first-order chi connectivity index (χ1) is 12.0. The highest BCUT2D eigenvalue weighted by Crippen LogP contribution is 2.25. The summed E-state index contributed by atoms with van der Waals surface area (Å²) in [7, 11) is 1.34. The van der Waals surface area contributed by atoms with Gasteiger partial charge in [-0.25, -0.2) is 4.79 Å². The van der Waals surface area contributed by atoms with Crippen molar-refractivity contribution in [2.75, 3.05) is 7.11 Å². The normalized spacial score (nSPS) is 11.4. The van der Waals surface area contributed by atoms with E-state index >= 15 is 0 Å². The maximum absolute atomic E-state index is 11.4. The molecule has 128 valence electrons. The molecule has 0 atom stereocenters. The van der Waals surface area contributed by atoms with Gasteiger partial charge in [-0.15, -0.1) is 0 Å². The fourth-order valence-corrected chi connectivity index (χ4v) is 3.05. The van der Waals surface area contributed by atoms with Gasteiger partial charge < -0.3 is 4.74 Å². The second-order valence-electron chi connectivity index (χ2n) is 5.66. The van der Waals surface area contributed by atoms with Crippen molar-refractivity contribution in [1.82, 2.24) is 9.78 Å². The van der Waals surface area contributed by atoms with Gasteiger partial charge >= 0.3 is 5.97 Å². The topological polar surface area (TPSA) is 44.1 Å². The van der Waals surface area contributed by atoms with Crippen molar-refractivity contribution >= 4 is 46.2 Å². The molecule has 2 aromatic carbocycles. The third-order valence-electron chi connectivity index (χ3n) is 3.85. The molecule has 0 aliphatic rings. The molecule has 0 saturated carbocycles. The Balaban J connectivity index is 2.06. The molecule has 1 heterocycles. The van der Waals surface area contributed by atoms with Gasteiger partial charge in [-0.05, 0) is 42.3 Å². The van der Waals surface area contributed by atoms with Gasteiger partial charge in [-0.3, -0.25) is 4.68 Å². The van der Waals surface area contributed by atoms with E-state index < -0.39 is 5.97 Å². The van der Waals surface area contributed by atoms with Crippen LogP contribution in [0.4, 0.5) is 0 Å². The highest BCUT2D eigenvalue weighted by molar-refractivity contribution is 6.35. The number of halogens is 2. The second-order valence-corrected chi connectivity index (χ2v) is 6.50. The predicted molar refractivity (Wildman–Crippen MR) is 101 cm³/mol. The number of aryl methyl sites for hydroxylation is 1. The monoisotopic (exact) mass is 374 g/mol. The zero-order chi connectivity index (χ0) is 18.0. The Labute approximate surface area is 155 Å². The number of benzene rings is 2. The maximum atomic E-state index is 11.4. The average molecular weight is 375 g/mol. The molecule has 25 heavy (non-hydrogen) atoms. The average Bonchev–Trinajstić information content (AvgIpc) is 2.92. The van der Waals surface area contributed by atoms with E-state index in [0.29, 0.717) is 22.3 Å². The number of hydrogen-bond donors (Lipinski definition) is 0. The Bertz CT molecular complexity index is 977. The summed E-state index contributed by atoms with van der Waals surface area (Å²) in [6.07, 6.45) is 3.02. The predicted octanol–water partition coefficient (Wildman–Crippen LogP) is 4.89. The van der Waals surface area contributed by atoms with E-state index in [-0.39, 0.29) is 0 Å². The zero-order valence-corrected chi connectivity index (χ0v) is 15.3. The fourth-order valence-electron chi connectivity index (χ4n) is 2.58. The lowest BCUT2D eigenvalue weighted by Crippen LogP contribution is -2.02. The summed E-state index contributed by atoms with van der Waals surface area (Å²) < 4.78 is 6.51. The molecular formula is C19H16Cl2N2O2. The van der Waals surface area contributed by atoms with Crippen LogP contribution in [-0.2, 0) is 16.1 Å². The number of rotatable bonds is 4. The van der Waals surface area contributed by atoms with E-state index in [1.165, 1.54) is 13.2 Å².